The molecule has 0 fully saturated rings. The van der Waals surface area contributed by atoms with Gasteiger partial charge in [0.25, 0.3) is 0 Å². The standard InChI is InChI=1S/C23H30BrN3O4.C15H21BrN2O2.C7H9N2O2.CH4.K.H2O/c1-22(2,3)20-25-19(26-31-20)18(28)12-15-13-27(21(29)30-23(4,5)6)10-9-14-11-16(24)7-8-17(14)15;1-15(2,3)20-14(19)18-7-6-10-8-11(16)4-5-12(10)13(17)9-18;1-7(2,3)6-8-5(4-10)9-11-6;;;/h7-8,11,15H,9-10,12-13H2,1-6H3;4-5,8,13H,6-7,9,17H2,1-3H3;1-3H3;1H4;;1H2/q;;-1;;+1;/p-1. The maximum absolute atomic E-state index is 13.0. The van der Waals surface area contributed by atoms with Crippen molar-refractivity contribution in [1.29, 1.82) is 0 Å². The van der Waals surface area contributed by atoms with Crippen LogP contribution < -0.4 is 57.1 Å². The van der Waals surface area contributed by atoms with Crippen molar-refractivity contribution in [2.75, 3.05) is 26.2 Å². The summed E-state index contributed by atoms with van der Waals surface area (Å²) in [6, 6.07) is 12.0. The van der Waals surface area contributed by atoms with Gasteiger partial charge in [-0.05, 0) is 101 Å². The van der Waals surface area contributed by atoms with Crippen molar-refractivity contribution in [3.63, 3.8) is 0 Å². The van der Waals surface area contributed by atoms with E-state index < -0.39 is 11.2 Å². The first-order chi connectivity index (χ1) is 28.6. The number of aromatic nitrogens is 4. The minimum atomic E-state index is -0.585. The second-order valence-corrected chi connectivity index (χ2v) is 21.2. The van der Waals surface area contributed by atoms with Gasteiger partial charge in [-0.15, -0.1) is 0 Å². The van der Waals surface area contributed by atoms with Crippen LogP contribution in [0.5, 0.6) is 0 Å². The third-order valence-corrected chi connectivity index (χ3v) is 10.4. The Kier molecular flexibility index (Phi) is 23.1. The van der Waals surface area contributed by atoms with Crippen molar-refractivity contribution >= 4 is 56.1 Å². The average Bonchev–Trinajstić information content (AvgIpc) is 3.79. The van der Waals surface area contributed by atoms with Crippen LogP contribution in [-0.4, -0.2) is 97.2 Å². The molecule has 0 bridgehead atoms. The Labute approximate surface area is 443 Å². The Balaban J connectivity index is 0.000000533. The summed E-state index contributed by atoms with van der Waals surface area (Å²) in [5.41, 5.74) is 9.09. The van der Waals surface area contributed by atoms with Crippen molar-refractivity contribution in [3.05, 3.63) is 91.0 Å². The van der Waals surface area contributed by atoms with Gasteiger partial charge in [-0.25, -0.2) is 14.6 Å². The van der Waals surface area contributed by atoms with E-state index in [0.29, 0.717) is 44.4 Å². The minimum absolute atomic E-state index is 0. The molecule has 0 saturated carbocycles. The Morgan fingerprint density at radius 2 is 1.18 bits per heavy atom. The van der Waals surface area contributed by atoms with E-state index in [9.17, 15) is 19.2 Å². The van der Waals surface area contributed by atoms with E-state index in [-0.39, 0.29) is 123 Å². The van der Waals surface area contributed by atoms with Crippen molar-refractivity contribution in [2.24, 2.45) is 5.73 Å². The van der Waals surface area contributed by atoms with Gasteiger partial charge in [-0.3, -0.25) is 4.79 Å². The van der Waals surface area contributed by atoms with Gasteiger partial charge in [0.15, 0.2) is 0 Å². The number of nitrogens with two attached hydrogens (primary N) is 1. The first-order valence-electron chi connectivity index (χ1n) is 20.5. The Morgan fingerprint density at radius 1 is 0.738 bits per heavy atom. The quantitative estimate of drug-likeness (QED) is 0.126. The van der Waals surface area contributed by atoms with Gasteiger partial charge in [-0.1, -0.05) is 103 Å². The van der Waals surface area contributed by atoms with E-state index in [2.05, 4.69) is 64.3 Å². The zero-order valence-electron chi connectivity index (χ0n) is 39.3. The number of amides is 2. The summed E-state index contributed by atoms with van der Waals surface area (Å²) in [6.45, 7) is 24.8. The van der Waals surface area contributed by atoms with E-state index in [4.69, 9.17) is 24.3 Å². The number of ether oxygens (including phenoxy) is 2. The van der Waals surface area contributed by atoms with Crippen LogP contribution in [0.1, 0.15) is 159 Å². The van der Waals surface area contributed by atoms with Gasteiger partial charge in [0.2, 0.25) is 23.4 Å². The smallest absolute Gasteiger partial charge is 0.870 e. The summed E-state index contributed by atoms with van der Waals surface area (Å²) >= 11 is 7.00. The maximum Gasteiger partial charge on any atom is 1.00 e. The van der Waals surface area contributed by atoms with Gasteiger partial charge in [0.1, 0.15) is 11.2 Å². The molecule has 2 aromatic heterocycles. The molecule has 354 valence electrons. The number of Topliss-reactive ketones (excluding diaryl/α,β-unsaturated/α-hetero) is 1. The van der Waals surface area contributed by atoms with Gasteiger partial charge >= 0.3 is 63.6 Å². The van der Waals surface area contributed by atoms with Gasteiger partial charge in [-0.2, -0.15) is 11.3 Å². The van der Waals surface area contributed by atoms with Crippen LogP contribution >= 0.6 is 31.9 Å². The molecule has 3 N–H and O–H groups in total. The topological polar surface area (TPSA) is 227 Å². The molecule has 0 aliphatic carbocycles. The van der Waals surface area contributed by atoms with Crippen LogP contribution in [0.15, 0.2) is 54.4 Å². The van der Waals surface area contributed by atoms with E-state index in [0.717, 1.165) is 32.1 Å². The molecule has 2 aliphatic rings. The van der Waals surface area contributed by atoms with Crippen molar-refractivity contribution in [2.45, 2.75) is 144 Å². The number of carbonyl (C=O) groups excluding carboxylic acids is 4. The fourth-order valence-electron chi connectivity index (χ4n) is 6.42. The third-order valence-electron chi connectivity index (χ3n) is 9.42. The van der Waals surface area contributed by atoms with Crippen molar-refractivity contribution in [1.82, 2.24) is 30.1 Å². The van der Waals surface area contributed by atoms with Crippen LogP contribution in [0, 0.1) is 0 Å². The van der Waals surface area contributed by atoms with Gasteiger partial charge in [0, 0.05) is 64.3 Å². The van der Waals surface area contributed by atoms with Crippen LogP contribution in [0.3, 0.4) is 0 Å². The third kappa shape index (κ3) is 18.6. The minimum Gasteiger partial charge on any atom is -0.870 e. The maximum atomic E-state index is 13.0. The molecule has 0 saturated heterocycles. The molecule has 4 aromatic rings. The van der Waals surface area contributed by atoms with E-state index in [1.165, 1.54) is 5.56 Å². The Morgan fingerprint density at radius 3 is 1.62 bits per heavy atom. The molecule has 16 nitrogen and oxygen atoms in total. The summed E-state index contributed by atoms with van der Waals surface area (Å²) in [6.07, 6.45) is 2.55. The molecule has 0 radical (unpaired) electrons. The zero-order valence-corrected chi connectivity index (χ0v) is 45.6. The number of fused-ring (bicyclic) bond motifs is 2. The van der Waals surface area contributed by atoms with Gasteiger partial charge < -0.3 is 44.3 Å². The molecule has 2 aliphatic heterocycles. The zero-order chi connectivity index (χ0) is 46.4. The number of hydrogen-bond donors (Lipinski definition) is 1. The molecule has 2 atom stereocenters. The van der Waals surface area contributed by atoms with E-state index in [1.807, 2.05) is 107 Å². The monoisotopic (exact) mass is 1060 g/mol. The second-order valence-electron chi connectivity index (χ2n) is 19.4. The first-order valence-corrected chi connectivity index (χ1v) is 22.1. The van der Waals surface area contributed by atoms with Crippen LogP contribution in [0.4, 0.5) is 9.59 Å². The van der Waals surface area contributed by atoms with Crippen LogP contribution in [0.25, 0.3) is 0 Å². The predicted molar refractivity (Wildman–Crippen MR) is 249 cm³/mol. The number of hydrogen-bond acceptors (Lipinski definition) is 14. The second kappa shape index (κ2) is 24.9. The molecule has 65 heavy (non-hydrogen) atoms. The number of nitrogens with zero attached hydrogens (tertiary/aromatic N) is 6. The summed E-state index contributed by atoms with van der Waals surface area (Å²) in [5.74, 6) is 0.546. The number of carbonyl (C=O) groups is 3. The SMILES string of the molecule is C.CC(C)(C)OC(=O)N1CCc2cc(Br)ccc2C(CC(=O)c2noc(C(C)(C)C)n2)C1.CC(C)(C)OC(=O)N1CCc2cc(Br)ccc2C(N)C1.CC(C)(C)c1nc([C-]=O)no1.[K+].[OH-]. The predicted octanol–water partition coefficient (Wildman–Crippen LogP) is 6.81. The Hall–Kier alpha value is -2.88. The van der Waals surface area contributed by atoms with Crippen molar-refractivity contribution in [3.8, 4) is 0 Å². The first kappa shape index (κ1) is 60.1. The van der Waals surface area contributed by atoms with E-state index in [1.54, 1.807) is 16.1 Å². The number of halogens is 2. The number of ketones is 1. The number of benzene rings is 2. The molecule has 19 heteroatoms. The normalized spacial score (nSPS) is 16.0. The summed E-state index contributed by atoms with van der Waals surface area (Å²) in [4.78, 5) is 59.5. The molecular formula is C46H65Br2KN7O9-. The number of rotatable bonds is 4. The van der Waals surface area contributed by atoms with Crippen LogP contribution in [0.2, 0.25) is 0 Å². The molecule has 2 unspecified atom stereocenters. The largest absolute Gasteiger partial charge is 1.00 e. The van der Waals surface area contributed by atoms with E-state index >= 15 is 0 Å². The summed E-state index contributed by atoms with van der Waals surface area (Å²) in [5, 5.41) is 7.29. The molecule has 2 amide bonds. The molecule has 4 heterocycles. The van der Waals surface area contributed by atoms with Crippen LogP contribution in [-0.2, 0) is 37.9 Å². The fourth-order valence-corrected chi connectivity index (χ4v) is 7.24. The summed E-state index contributed by atoms with van der Waals surface area (Å²) in [7, 11) is 0. The molecule has 6 rings (SSSR count). The average molecular weight is 1060 g/mol. The fraction of sp³-hybridized carbons (Fsp3) is 0.565. The molecule has 2 aromatic carbocycles. The molecular weight excluding hydrogens is 993 g/mol. The Bertz CT molecular complexity index is 2210. The summed E-state index contributed by atoms with van der Waals surface area (Å²) < 4.78 is 23.1. The molecule has 0 spiro atoms. The van der Waals surface area contributed by atoms with Crippen molar-refractivity contribution < 1.29 is 94.6 Å². The van der Waals surface area contributed by atoms with Gasteiger partial charge in [0.05, 0.1) is 5.82 Å².